The summed E-state index contributed by atoms with van der Waals surface area (Å²) in [6.45, 7) is 0. The van der Waals surface area contributed by atoms with Gasteiger partial charge < -0.3 is 4.98 Å². The van der Waals surface area contributed by atoms with Crippen LogP contribution >= 0.6 is 22.6 Å². The van der Waals surface area contributed by atoms with E-state index in [1.54, 1.807) is 6.07 Å². The van der Waals surface area contributed by atoms with Gasteiger partial charge in [0.1, 0.15) is 17.5 Å². The van der Waals surface area contributed by atoms with Crippen molar-refractivity contribution in [1.29, 1.82) is 5.26 Å². The molecule has 0 atom stereocenters. The van der Waals surface area contributed by atoms with Gasteiger partial charge in [-0.15, -0.1) is 0 Å². The minimum Gasteiger partial charge on any atom is -0.344 e. The van der Waals surface area contributed by atoms with Gasteiger partial charge in [-0.1, -0.05) is 0 Å². The molecule has 0 aliphatic rings. The molecule has 0 spiro atoms. The van der Waals surface area contributed by atoms with Crippen molar-refractivity contribution in [3.63, 3.8) is 0 Å². The number of halogens is 3. The second kappa shape index (κ2) is 3.83. The van der Waals surface area contributed by atoms with Crippen molar-refractivity contribution >= 4 is 22.6 Å². The first-order chi connectivity index (χ1) is 6.06. The third-order valence-electron chi connectivity index (χ3n) is 1.34. The van der Waals surface area contributed by atoms with Crippen LogP contribution in [0.15, 0.2) is 10.9 Å². The summed E-state index contributed by atoms with van der Waals surface area (Å²) in [5.74, 6) is 0. The maximum absolute atomic E-state index is 12.2. The zero-order chi connectivity index (χ0) is 10.0. The monoisotopic (exact) mass is 296 g/mol. The second-order valence-corrected chi connectivity index (χ2v) is 3.27. The molecular weight excluding hydrogens is 293 g/mol. The molecule has 68 valence electrons. The number of hydrogen-bond donors (Lipinski definition) is 1. The van der Waals surface area contributed by atoms with Crippen molar-refractivity contribution in [2.45, 2.75) is 6.43 Å². The standard InChI is InChI=1S/C7H3F2IN2O/c8-7(9)6-5(10)4(13)1-3(2-11)12-6/h1,7H,(H,12,13). The van der Waals surface area contributed by atoms with Gasteiger partial charge in [0.05, 0.1) is 3.57 Å². The van der Waals surface area contributed by atoms with Gasteiger partial charge in [0, 0.05) is 6.07 Å². The van der Waals surface area contributed by atoms with E-state index in [0.717, 1.165) is 6.07 Å². The first-order valence-electron chi connectivity index (χ1n) is 3.17. The van der Waals surface area contributed by atoms with E-state index in [0.29, 0.717) is 0 Å². The highest BCUT2D eigenvalue weighted by Crippen LogP contribution is 2.19. The fraction of sp³-hybridized carbons (Fsp3) is 0.143. The summed E-state index contributed by atoms with van der Waals surface area (Å²) >= 11 is 1.52. The van der Waals surface area contributed by atoms with Crippen molar-refractivity contribution in [2.75, 3.05) is 0 Å². The summed E-state index contributed by atoms with van der Waals surface area (Å²) in [7, 11) is 0. The van der Waals surface area contributed by atoms with Crippen LogP contribution in [0.5, 0.6) is 0 Å². The number of nitriles is 1. The summed E-state index contributed by atoms with van der Waals surface area (Å²) in [6.07, 6.45) is -2.77. The van der Waals surface area contributed by atoms with Crippen LogP contribution in [0.4, 0.5) is 8.78 Å². The molecule has 0 aliphatic carbocycles. The first kappa shape index (κ1) is 10.1. The topological polar surface area (TPSA) is 56.6 Å². The van der Waals surface area contributed by atoms with E-state index in [9.17, 15) is 13.6 Å². The summed E-state index contributed by atoms with van der Waals surface area (Å²) < 4.78 is 24.4. The highest BCUT2D eigenvalue weighted by molar-refractivity contribution is 14.1. The molecule has 0 amide bonds. The Morgan fingerprint density at radius 3 is 2.69 bits per heavy atom. The Morgan fingerprint density at radius 1 is 1.62 bits per heavy atom. The molecule has 0 unspecified atom stereocenters. The van der Waals surface area contributed by atoms with Crippen molar-refractivity contribution in [1.82, 2.24) is 4.98 Å². The molecule has 6 heteroatoms. The lowest BCUT2D eigenvalue weighted by Gasteiger charge is -2.02. The van der Waals surface area contributed by atoms with Gasteiger partial charge in [-0.05, 0) is 22.6 Å². The van der Waals surface area contributed by atoms with E-state index >= 15 is 0 Å². The average molecular weight is 296 g/mol. The Labute approximate surface area is 85.5 Å². The molecule has 0 radical (unpaired) electrons. The lowest BCUT2D eigenvalue weighted by atomic mass is 10.3. The third-order valence-corrected chi connectivity index (χ3v) is 2.45. The van der Waals surface area contributed by atoms with Crippen LogP contribution in [0.25, 0.3) is 0 Å². The highest BCUT2D eigenvalue weighted by atomic mass is 127. The number of alkyl halides is 2. The summed E-state index contributed by atoms with van der Waals surface area (Å²) in [6, 6.07) is 2.59. The average Bonchev–Trinajstić information content (AvgIpc) is 2.09. The number of aromatic nitrogens is 1. The Kier molecular flexibility index (Phi) is 2.98. The van der Waals surface area contributed by atoms with Gasteiger partial charge in [-0.25, -0.2) is 8.78 Å². The van der Waals surface area contributed by atoms with E-state index in [1.807, 2.05) is 0 Å². The minimum atomic E-state index is -2.77. The molecule has 0 aliphatic heterocycles. The lowest BCUT2D eigenvalue weighted by Crippen LogP contribution is -2.11. The largest absolute Gasteiger partial charge is 0.344 e. The molecule has 0 saturated heterocycles. The molecule has 1 rings (SSSR count). The Balaban J connectivity index is 3.44. The van der Waals surface area contributed by atoms with Crippen LogP contribution in [0, 0.1) is 14.9 Å². The Bertz CT molecular complexity index is 421. The number of pyridine rings is 1. The van der Waals surface area contributed by atoms with Crippen molar-refractivity contribution in [3.8, 4) is 6.07 Å². The smallest absolute Gasteiger partial charge is 0.279 e. The predicted molar refractivity (Wildman–Crippen MR) is 49.5 cm³/mol. The lowest BCUT2D eigenvalue weighted by molar-refractivity contribution is 0.145. The van der Waals surface area contributed by atoms with E-state index in [-0.39, 0.29) is 9.26 Å². The summed E-state index contributed by atoms with van der Waals surface area (Å²) in [5, 5.41) is 8.39. The third kappa shape index (κ3) is 2.03. The molecule has 1 aromatic heterocycles. The highest BCUT2D eigenvalue weighted by Gasteiger charge is 2.15. The molecule has 3 nitrogen and oxygen atoms in total. The fourth-order valence-electron chi connectivity index (χ4n) is 0.774. The maximum Gasteiger partial charge on any atom is 0.279 e. The normalized spacial score (nSPS) is 10.1. The van der Waals surface area contributed by atoms with Gasteiger partial charge in [0.25, 0.3) is 6.43 Å². The van der Waals surface area contributed by atoms with Gasteiger partial charge in [-0.2, -0.15) is 5.26 Å². The number of nitrogens with zero attached hydrogens (tertiary/aromatic N) is 1. The van der Waals surface area contributed by atoms with E-state index in [2.05, 4.69) is 4.98 Å². The molecule has 1 heterocycles. The van der Waals surface area contributed by atoms with Crippen LogP contribution in [-0.2, 0) is 0 Å². The van der Waals surface area contributed by atoms with Crippen molar-refractivity contribution < 1.29 is 8.78 Å². The number of nitrogens with one attached hydrogen (secondary N) is 1. The van der Waals surface area contributed by atoms with Gasteiger partial charge >= 0.3 is 0 Å². The Hall–Kier alpha value is -0.970. The molecule has 0 bridgehead atoms. The first-order valence-corrected chi connectivity index (χ1v) is 4.25. The zero-order valence-corrected chi connectivity index (χ0v) is 8.30. The second-order valence-electron chi connectivity index (χ2n) is 2.19. The molecule has 0 aromatic carbocycles. The van der Waals surface area contributed by atoms with Crippen molar-refractivity contribution in [2.24, 2.45) is 0 Å². The van der Waals surface area contributed by atoms with Crippen LogP contribution in [0.3, 0.4) is 0 Å². The molecule has 0 fully saturated rings. The predicted octanol–water partition coefficient (Wildman–Crippen LogP) is 1.79. The molecule has 1 N–H and O–H groups in total. The van der Waals surface area contributed by atoms with Gasteiger partial charge in [0.15, 0.2) is 5.43 Å². The van der Waals surface area contributed by atoms with E-state index < -0.39 is 17.5 Å². The number of hydrogen-bond acceptors (Lipinski definition) is 2. The van der Waals surface area contributed by atoms with Crippen LogP contribution in [0.1, 0.15) is 17.8 Å². The minimum absolute atomic E-state index is 0.0772. The molecule has 0 saturated carbocycles. The molecule has 13 heavy (non-hydrogen) atoms. The number of aromatic amines is 1. The van der Waals surface area contributed by atoms with Crippen LogP contribution < -0.4 is 5.43 Å². The van der Waals surface area contributed by atoms with Gasteiger partial charge in [-0.3, -0.25) is 4.79 Å². The van der Waals surface area contributed by atoms with Crippen LogP contribution in [0.2, 0.25) is 0 Å². The number of H-pyrrole nitrogens is 1. The zero-order valence-electron chi connectivity index (χ0n) is 6.14. The SMILES string of the molecule is N#Cc1cc(=O)c(I)c(C(F)F)[nH]1. The van der Waals surface area contributed by atoms with E-state index in [1.165, 1.54) is 22.6 Å². The fourth-order valence-corrected chi connectivity index (χ4v) is 1.30. The van der Waals surface area contributed by atoms with Crippen molar-refractivity contribution in [3.05, 3.63) is 31.2 Å². The summed E-state index contributed by atoms with van der Waals surface area (Å²) in [4.78, 5) is 13.2. The maximum atomic E-state index is 12.2. The molecular formula is C7H3F2IN2O. The Morgan fingerprint density at radius 2 is 2.23 bits per heavy atom. The van der Waals surface area contributed by atoms with Crippen LogP contribution in [-0.4, -0.2) is 4.98 Å². The summed E-state index contributed by atoms with van der Waals surface area (Å²) in [5.41, 5.74) is -1.21. The van der Waals surface area contributed by atoms with E-state index in [4.69, 9.17) is 5.26 Å². The quantitative estimate of drug-likeness (QED) is 0.803. The number of rotatable bonds is 1. The van der Waals surface area contributed by atoms with Gasteiger partial charge in [0.2, 0.25) is 0 Å². The molecule has 1 aromatic rings.